The fraction of sp³-hybridized carbons (Fsp3) is 0.333. The molecule has 1 fully saturated rings. The molecule has 0 saturated carbocycles. The van der Waals surface area contributed by atoms with Gasteiger partial charge in [-0.1, -0.05) is 0 Å². The molecule has 1 aliphatic rings. The molecule has 1 saturated heterocycles. The lowest BCUT2D eigenvalue weighted by atomic mass is 10.0. The second-order valence-corrected chi connectivity index (χ2v) is 7.02. The first kappa shape index (κ1) is 18.5. The fourth-order valence-corrected chi connectivity index (χ4v) is 3.56. The van der Waals surface area contributed by atoms with Gasteiger partial charge < -0.3 is 10.6 Å². The van der Waals surface area contributed by atoms with Gasteiger partial charge in [0.05, 0.1) is 6.54 Å². The molecule has 0 bridgehead atoms. The molecular formula is C18H19F2N3O2S. The van der Waals surface area contributed by atoms with Crippen molar-refractivity contribution in [2.75, 3.05) is 25.0 Å². The molecule has 8 heteroatoms. The Morgan fingerprint density at radius 3 is 2.46 bits per heavy atom. The number of hydrogen-bond acceptors (Lipinski definition) is 4. The van der Waals surface area contributed by atoms with Crippen LogP contribution in [0.4, 0.5) is 14.5 Å². The van der Waals surface area contributed by atoms with Gasteiger partial charge in [-0.3, -0.25) is 14.5 Å². The van der Waals surface area contributed by atoms with Crippen LogP contribution >= 0.6 is 11.3 Å². The van der Waals surface area contributed by atoms with Gasteiger partial charge in [0.1, 0.15) is 11.6 Å². The summed E-state index contributed by atoms with van der Waals surface area (Å²) in [6.45, 7) is 1.47. The molecule has 1 aliphatic heterocycles. The topological polar surface area (TPSA) is 61.4 Å². The SMILES string of the molecule is O=C(CN1CCC(NC(=O)c2ccsc2)CC1)Nc1cc(F)cc(F)c1. The van der Waals surface area contributed by atoms with Crippen LogP contribution in [0.15, 0.2) is 35.0 Å². The molecule has 2 heterocycles. The molecular weight excluding hydrogens is 360 g/mol. The first-order chi connectivity index (χ1) is 12.5. The van der Waals surface area contributed by atoms with E-state index in [0.29, 0.717) is 18.7 Å². The molecule has 0 aliphatic carbocycles. The fourth-order valence-electron chi connectivity index (χ4n) is 2.93. The number of thiophene rings is 1. The zero-order chi connectivity index (χ0) is 18.5. The van der Waals surface area contributed by atoms with E-state index in [1.165, 1.54) is 11.3 Å². The summed E-state index contributed by atoms with van der Waals surface area (Å²) in [6.07, 6.45) is 1.50. The van der Waals surface area contributed by atoms with E-state index in [4.69, 9.17) is 0 Å². The lowest BCUT2D eigenvalue weighted by Gasteiger charge is -2.31. The van der Waals surface area contributed by atoms with Crippen LogP contribution in [-0.4, -0.2) is 42.4 Å². The third kappa shape index (κ3) is 5.09. The molecule has 0 spiro atoms. The minimum atomic E-state index is -0.734. The van der Waals surface area contributed by atoms with Crippen LogP contribution in [0.2, 0.25) is 0 Å². The minimum Gasteiger partial charge on any atom is -0.349 e. The average molecular weight is 379 g/mol. The number of hydrogen-bond donors (Lipinski definition) is 2. The van der Waals surface area contributed by atoms with E-state index in [-0.39, 0.29) is 30.1 Å². The molecule has 3 rings (SSSR count). The van der Waals surface area contributed by atoms with Crippen molar-refractivity contribution in [2.24, 2.45) is 0 Å². The summed E-state index contributed by atoms with van der Waals surface area (Å²) in [7, 11) is 0. The number of rotatable bonds is 5. The standard InChI is InChI=1S/C18H19F2N3O2S/c19-13-7-14(20)9-16(8-13)21-17(24)10-23-4-1-15(2-5-23)22-18(25)12-3-6-26-11-12/h3,6-9,11,15H,1-2,4-5,10H2,(H,21,24)(H,22,25). The van der Waals surface area contributed by atoms with Crippen LogP contribution in [0, 0.1) is 11.6 Å². The molecule has 2 N–H and O–H groups in total. The van der Waals surface area contributed by atoms with Gasteiger partial charge in [-0.15, -0.1) is 0 Å². The molecule has 1 aromatic carbocycles. The Hall–Kier alpha value is -2.32. The number of likely N-dealkylation sites (tertiary alicyclic amines) is 1. The molecule has 0 unspecified atom stereocenters. The van der Waals surface area contributed by atoms with E-state index < -0.39 is 11.6 Å². The van der Waals surface area contributed by atoms with Gasteiger partial charge in [-0.2, -0.15) is 11.3 Å². The van der Waals surface area contributed by atoms with Gasteiger partial charge in [0.2, 0.25) is 5.91 Å². The summed E-state index contributed by atoms with van der Waals surface area (Å²) in [4.78, 5) is 26.1. The largest absolute Gasteiger partial charge is 0.349 e. The van der Waals surface area contributed by atoms with Crippen molar-refractivity contribution >= 4 is 28.8 Å². The van der Waals surface area contributed by atoms with Crippen LogP contribution in [-0.2, 0) is 4.79 Å². The Balaban J connectivity index is 1.43. The predicted octanol–water partition coefficient (Wildman–Crippen LogP) is 2.86. The molecule has 5 nitrogen and oxygen atoms in total. The summed E-state index contributed by atoms with van der Waals surface area (Å²) < 4.78 is 26.3. The van der Waals surface area contributed by atoms with Crippen molar-refractivity contribution in [2.45, 2.75) is 18.9 Å². The maximum Gasteiger partial charge on any atom is 0.252 e. The maximum absolute atomic E-state index is 13.2. The second-order valence-electron chi connectivity index (χ2n) is 6.24. The Labute approximate surface area is 154 Å². The van der Waals surface area contributed by atoms with Gasteiger partial charge in [0.25, 0.3) is 5.91 Å². The quantitative estimate of drug-likeness (QED) is 0.840. The van der Waals surface area contributed by atoms with Crippen LogP contribution in [0.1, 0.15) is 23.2 Å². The lowest BCUT2D eigenvalue weighted by molar-refractivity contribution is -0.117. The second kappa shape index (κ2) is 8.37. The van der Waals surface area contributed by atoms with E-state index in [1.807, 2.05) is 15.7 Å². The van der Waals surface area contributed by atoms with Crippen molar-refractivity contribution in [1.29, 1.82) is 0 Å². The number of nitrogens with zero attached hydrogens (tertiary/aromatic N) is 1. The van der Waals surface area contributed by atoms with Gasteiger partial charge in [-0.25, -0.2) is 8.78 Å². The van der Waals surface area contributed by atoms with Crippen LogP contribution in [0.25, 0.3) is 0 Å². The van der Waals surface area contributed by atoms with Crippen molar-refractivity contribution in [1.82, 2.24) is 10.2 Å². The maximum atomic E-state index is 13.2. The van der Waals surface area contributed by atoms with Crippen LogP contribution in [0.3, 0.4) is 0 Å². The first-order valence-corrected chi connectivity index (χ1v) is 9.25. The normalized spacial score (nSPS) is 15.6. The van der Waals surface area contributed by atoms with Crippen molar-refractivity contribution in [3.63, 3.8) is 0 Å². The number of carbonyl (C=O) groups excluding carboxylic acids is 2. The number of anilines is 1. The summed E-state index contributed by atoms with van der Waals surface area (Å²) in [5.41, 5.74) is 0.768. The lowest BCUT2D eigenvalue weighted by Crippen LogP contribution is -2.46. The number of carbonyl (C=O) groups is 2. The van der Waals surface area contributed by atoms with Gasteiger partial charge in [0, 0.05) is 41.8 Å². The molecule has 2 aromatic rings. The van der Waals surface area contributed by atoms with Gasteiger partial charge in [0.15, 0.2) is 0 Å². The number of benzene rings is 1. The van der Waals surface area contributed by atoms with Crippen molar-refractivity contribution in [3.05, 3.63) is 52.2 Å². The first-order valence-electron chi connectivity index (χ1n) is 8.31. The Bertz CT molecular complexity index is 754. The van der Waals surface area contributed by atoms with Gasteiger partial charge >= 0.3 is 0 Å². The molecule has 1 aromatic heterocycles. The third-order valence-corrected chi connectivity index (χ3v) is 4.90. The monoisotopic (exact) mass is 379 g/mol. The molecule has 2 amide bonds. The Morgan fingerprint density at radius 1 is 1.15 bits per heavy atom. The number of amides is 2. The van der Waals surface area contributed by atoms with E-state index in [1.54, 1.807) is 6.07 Å². The third-order valence-electron chi connectivity index (χ3n) is 4.22. The number of piperidine rings is 1. The summed E-state index contributed by atoms with van der Waals surface area (Å²) in [5.74, 6) is -1.86. The highest BCUT2D eigenvalue weighted by atomic mass is 32.1. The van der Waals surface area contributed by atoms with E-state index in [0.717, 1.165) is 31.0 Å². The van der Waals surface area contributed by atoms with Gasteiger partial charge in [-0.05, 0) is 36.4 Å². The smallest absolute Gasteiger partial charge is 0.252 e. The van der Waals surface area contributed by atoms with E-state index in [9.17, 15) is 18.4 Å². The number of nitrogens with one attached hydrogen (secondary N) is 2. The summed E-state index contributed by atoms with van der Waals surface area (Å²) in [6, 6.07) is 4.78. The molecule has 138 valence electrons. The zero-order valence-electron chi connectivity index (χ0n) is 14.0. The van der Waals surface area contributed by atoms with E-state index in [2.05, 4.69) is 10.6 Å². The van der Waals surface area contributed by atoms with Crippen LogP contribution in [0.5, 0.6) is 0 Å². The Kier molecular flexibility index (Phi) is 5.95. The predicted molar refractivity (Wildman–Crippen MR) is 96.2 cm³/mol. The van der Waals surface area contributed by atoms with Crippen molar-refractivity contribution < 1.29 is 18.4 Å². The average Bonchev–Trinajstić information content (AvgIpc) is 3.10. The zero-order valence-corrected chi connectivity index (χ0v) is 14.8. The Morgan fingerprint density at radius 2 is 1.85 bits per heavy atom. The highest BCUT2D eigenvalue weighted by Crippen LogP contribution is 2.15. The molecule has 0 radical (unpaired) electrons. The minimum absolute atomic E-state index is 0.0735. The van der Waals surface area contributed by atoms with Crippen molar-refractivity contribution in [3.8, 4) is 0 Å². The van der Waals surface area contributed by atoms with Crippen LogP contribution < -0.4 is 10.6 Å². The highest BCUT2D eigenvalue weighted by Gasteiger charge is 2.22. The van der Waals surface area contributed by atoms with E-state index >= 15 is 0 Å². The molecule has 26 heavy (non-hydrogen) atoms. The summed E-state index contributed by atoms with van der Waals surface area (Å²) in [5, 5.41) is 9.18. The molecule has 0 atom stereocenters. The highest BCUT2D eigenvalue weighted by molar-refractivity contribution is 7.08. The number of halogens is 2. The summed E-state index contributed by atoms with van der Waals surface area (Å²) >= 11 is 1.48.